The molecule has 0 aliphatic rings. The first-order valence-electron chi connectivity index (χ1n) is 12.9. The van der Waals surface area contributed by atoms with Gasteiger partial charge in [-0.05, 0) is 43.8 Å². The molecule has 33 heavy (non-hydrogen) atoms. The number of ether oxygens (including phenoxy) is 5. The Hall–Kier alpha value is -0.880. The molecule has 5 heteroatoms. The lowest BCUT2D eigenvalue weighted by Crippen LogP contribution is -2.25. The molecule has 4 atom stereocenters. The summed E-state index contributed by atoms with van der Waals surface area (Å²) in [6, 6.07) is 0. The van der Waals surface area contributed by atoms with Gasteiger partial charge in [0.25, 0.3) is 0 Å². The summed E-state index contributed by atoms with van der Waals surface area (Å²) in [7, 11) is 0. The van der Waals surface area contributed by atoms with Crippen LogP contribution in [0.25, 0.3) is 0 Å². The van der Waals surface area contributed by atoms with Crippen LogP contribution in [0.3, 0.4) is 0 Å². The Bertz CT molecular complexity index is 514. The van der Waals surface area contributed by atoms with Crippen LogP contribution in [0.2, 0.25) is 0 Å². The van der Waals surface area contributed by atoms with Gasteiger partial charge in [0.1, 0.15) is 6.61 Å². The normalized spacial score (nSPS) is 16.7. The lowest BCUT2D eigenvalue weighted by Gasteiger charge is -2.23. The summed E-state index contributed by atoms with van der Waals surface area (Å²) in [6.45, 7) is 25.7. The minimum atomic E-state index is 0.352. The molecule has 0 aromatic rings. The van der Waals surface area contributed by atoms with Crippen molar-refractivity contribution in [2.45, 2.75) is 68.7 Å². The summed E-state index contributed by atoms with van der Waals surface area (Å²) in [6.07, 6.45) is 5.01. The van der Waals surface area contributed by atoms with Crippen LogP contribution in [0.15, 0.2) is 23.5 Å². The van der Waals surface area contributed by atoms with Crippen molar-refractivity contribution in [1.82, 2.24) is 0 Å². The third-order valence-corrected chi connectivity index (χ3v) is 5.73. The van der Waals surface area contributed by atoms with Gasteiger partial charge in [0, 0.05) is 24.4 Å². The van der Waals surface area contributed by atoms with E-state index in [1.807, 2.05) is 13.8 Å². The minimum absolute atomic E-state index is 0.352. The lowest BCUT2D eigenvalue weighted by atomic mass is 9.98. The molecule has 0 aromatic heterocycles. The van der Waals surface area contributed by atoms with Crippen LogP contribution in [0.4, 0.5) is 0 Å². The van der Waals surface area contributed by atoms with Crippen molar-refractivity contribution in [2.24, 2.45) is 29.6 Å². The van der Waals surface area contributed by atoms with Crippen molar-refractivity contribution in [2.75, 3.05) is 59.5 Å². The molecular formula is C28H54O5. The van der Waals surface area contributed by atoms with Gasteiger partial charge in [-0.1, -0.05) is 54.0 Å². The quantitative estimate of drug-likeness (QED) is 0.141. The first kappa shape index (κ1) is 32.1. The molecule has 0 aliphatic carbocycles. The van der Waals surface area contributed by atoms with Crippen LogP contribution in [-0.4, -0.2) is 59.5 Å². The van der Waals surface area contributed by atoms with E-state index in [1.54, 1.807) is 6.26 Å². The van der Waals surface area contributed by atoms with Gasteiger partial charge >= 0.3 is 0 Å². The van der Waals surface area contributed by atoms with E-state index in [9.17, 15) is 0 Å². The van der Waals surface area contributed by atoms with Gasteiger partial charge in [-0.25, -0.2) is 0 Å². The van der Waals surface area contributed by atoms with Crippen LogP contribution in [0, 0.1) is 29.6 Å². The molecule has 4 unspecified atom stereocenters. The van der Waals surface area contributed by atoms with Gasteiger partial charge in [-0.3, -0.25) is 0 Å². The molecule has 0 saturated carbocycles. The molecule has 0 spiro atoms. The van der Waals surface area contributed by atoms with Gasteiger partial charge in [-0.15, -0.1) is 0 Å². The topological polar surface area (TPSA) is 46.2 Å². The zero-order chi connectivity index (χ0) is 25.1. The fraction of sp³-hybridized carbons (Fsp3) is 0.857. The molecule has 0 fully saturated rings. The van der Waals surface area contributed by atoms with E-state index in [1.165, 1.54) is 5.57 Å². The molecule has 0 amide bonds. The lowest BCUT2D eigenvalue weighted by molar-refractivity contribution is -0.0129. The first-order valence-corrected chi connectivity index (χ1v) is 12.9. The summed E-state index contributed by atoms with van der Waals surface area (Å²) in [5, 5.41) is 0. The Balaban J connectivity index is 3.89. The molecule has 5 nitrogen and oxygen atoms in total. The highest BCUT2D eigenvalue weighted by atomic mass is 16.5. The number of rotatable bonds is 21. The molecule has 0 rings (SSSR count). The molecule has 0 aromatic carbocycles. The molecule has 0 saturated heterocycles. The zero-order valence-corrected chi connectivity index (χ0v) is 23.2. The van der Waals surface area contributed by atoms with Gasteiger partial charge in [0.2, 0.25) is 0 Å². The van der Waals surface area contributed by atoms with Crippen LogP contribution in [0.1, 0.15) is 68.7 Å². The SMILES string of the molecule is C/C=C(\C)CO/C=C(\C)COCC(C)COCC(C)COCC(COCC(C)CC)C(C)C. The maximum absolute atomic E-state index is 6.00. The summed E-state index contributed by atoms with van der Waals surface area (Å²) in [5.41, 5.74) is 2.30. The molecule has 0 bridgehead atoms. The predicted molar refractivity (Wildman–Crippen MR) is 139 cm³/mol. The Morgan fingerprint density at radius 1 is 0.636 bits per heavy atom. The molecular weight excluding hydrogens is 416 g/mol. The Morgan fingerprint density at radius 3 is 1.61 bits per heavy atom. The number of hydrogen-bond donors (Lipinski definition) is 0. The van der Waals surface area contributed by atoms with Crippen LogP contribution >= 0.6 is 0 Å². The van der Waals surface area contributed by atoms with E-state index >= 15 is 0 Å². The molecule has 196 valence electrons. The Labute approximate surface area is 205 Å². The molecule has 0 aliphatic heterocycles. The second-order valence-corrected chi connectivity index (χ2v) is 10.3. The fourth-order valence-electron chi connectivity index (χ4n) is 2.81. The van der Waals surface area contributed by atoms with Crippen molar-refractivity contribution in [1.29, 1.82) is 0 Å². The maximum Gasteiger partial charge on any atom is 0.108 e. The van der Waals surface area contributed by atoms with Gasteiger partial charge in [-0.2, -0.15) is 0 Å². The monoisotopic (exact) mass is 470 g/mol. The van der Waals surface area contributed by atoms with E-state index in [0.717, 1.165) is 38.4 Å². The first-order chi connectivity index (χ1) is 15.7. The van der Waals surface area contributed by atoms with Gasteiger partial charge < -0.3 is 23.7 Å². The zero-order valence-electron chi connectivity index (χ0n) is 23.2. The van der Waals surface area contributed by atoms with Crippen molar-refractivity contribution >= 4 is 0 Å². The van der Waals surface area contributed by atoms with Crippen molar-refractivity contribution in [3.63, 3.8) is 0 Å². The van der Waals surface area contributed by atoms with Crippen LogP contribution in [0.5, 0.6) is 0 Å². The Kier molecular flexibility index (Phi) is 19.9. The molecule has 0 heterocycles. The molecule has 0 N–H and O–H groups in total. The second-order valence-electron chi connectivity index (χ2n) is 10.3. The largest absolute Gasteiger partial charge is 0.497 e. The highest BCUT2D eigenvalue weighted by molar-refractivity contribution is 4.98. The third kappa shape index (κ3) is 19.2. The number of allylic oxidation sites excluding steroid dienone is 1. The summed E-state index contributed by atoms with van der Waals surface area (Å²) in [5.74, 6) is 2.34. The van der Waals surface area contributed by atoms with Crippen molar-refractivity contribution in [3.8, 4) is 0 Å². The van der Waals surface area contributed by atoms with E-state index in [-0.39, 0.29) is 0 Å². The van der Waals surface area contributed by atoms with Gasteiger partial charge in [0.05, 0.1) is 52.5 Å². The van der Waals surface area contributed by atoms with E-state index in [4.69, 9.17) is 23.7 Å². The standard InChI is InChI=1S/C28H54O5/c1-10-23(5)12-29-14-25(7)15-30-16-26(8)17-31-18-27(9)19-33-21-28(22(3)4)20-32-13-24(6)11-2/h10,14,22,24,26-28H,11-13,15-21H2,1-9H3/b23-10+,25-14+. The fourth-order valence-corrected chi connectivity index (χ4v) is 2.81. The Morgan fingerprint density at radius 2 is 1.12 bits per heavy atom. The number of hydrogen-bond acceptors (Lipinski definition) is 5. The smallest absolute Gasteiger partial charge is 0.108 e. The minimum Gasteiger partial charge on any atom is -0.497 e. The van der Waals surface area contributed by atoms with Gasteiger partial charge in [0.15, 0.2) is 0 Å². The second kappa shape index (κ2) is 20.5. The molecule has 0 radical (unpaired) electrons. The third-order valence-electron chi connectivity index (χ3n) is 5.73. The summed E-state index contributed by atoms with van der Waals surface area (Å²) in [4.78, 5) is 0. The van der Waals surface area contributed by atoms with Crippen LogP contribution in [-0.2, 0) is 23.7 Å². The summed E-state index contributed by atoms with van der Waals surface area (Å²) >= 11 is 0. The van der Waals surface area contributed by atoms with Crippen molar-refractivity contribution < 1.29 is 23.7 Å². The predicted octanol–water partition coefficient (Wildman–Crippen LogP) is 6.53. The van der Waals surface area contributed by atoms with Crippen LogP contribution < -0.4 is 0 Å². The highest BCUT2D eigenvalue weighted by Gasteiger charge is 2.15. The van der Waals surface area contributed by atoms with Crippen molar-refractivity contribution in [3.05, 3.63) is 23.5 Å². The van der Waals surface area contributed by atoms with E-state index in [2.05, 4.69) is 54.5 Å². The van der Waals surface area contributed by atoms with E-state index in [0.29, 0.717) is 62.6 Å². The van der Waals surface area contributed by atoms with E-state index < -0.39 is 0 Å². The highest BCUT2D eigenvalue weighted by Crippen LogP contribution is 2.14. The summed E-state index contributed by atoms with van der Waals surface area (Å²) < 4.78 is 29.1. The average Bonchev–Trinajstić information content (AvgIpc) is 2.77. The maximum atomic E-state index is 6.00. The average molecular weight is 471 g/mol.